The van der Waals surface area contributed by atoms with Crippen LogP contribution in [0.1, 0.15) is 67.7 Å². The third-order valence-corrected chi connectivity index (χ3v) is 15.4. The summed E-state index contributed by atoms with van der Waals surface area (Å²) in [7, 11) is -3.92. The number of aliphatic hydroxyl groups is 2. The molecule has 2 fully saturated rings. The maximum absolute atomic E-state index is 15.6. The van der Waals surface area contributed by atoms with Gasteiger partial charge in [0.2, 0.25) is 27.6 Å². The number of amides is 2. The number of fused-ring (bicyclic) bond motifs is 1. The SMILES string of the molecule is CCCS(=O)(=O)Nc1ccc(F)c(C(=O)c2c[nH]c3ncc(-c4ccc(N5CCN(CC(O)N[C@H](C(=O)N6C[C@H](O)C[C@H]6C(=O)NCc6ccc(-c7scnc7C)cc6)C(C)(C)C)CC5)cc4)cc23)c1F. The van der Waals surface area contributed by atoms with Crippen molar-refractivity contribution in [1.29, 1.82) is 0 Å². The first kappa shape index (κ1) is 51.2. The van der Waals surface area contributed by atoms with Crippen molar-refractivity contribution < 1.29 is 41.8 Å². The van der Waals surface area contributed by atoms with Gasteiger partial charge in [0.15, 0.2) is 5.82 Å². The van der Waals surface area contributed by atoms with Crippen LogP contribution in [-0.4, -0.2) is 130 Å². The molecular weight excluding hydrogens is 953 g/mol. The molecule has 0 saturated carbocycles. The molecule has 8 rings (SSSR count). The number of halogens is 2. The van der Waals surface area contributed by atoms with Gasteiger partial charge in [-0.15, -0.1) is 11.3 Å². The molecule has 0 aliphatic carbocycles. The number of anilines is 2. The van der Waals surface area contributed by atoms with Crippen molar-refractivity contribution in [2.24, 2.45) is 5.41 Å². The second-order valence-electron chi connectivity index (χ2n) is 19.3. The number of hydrogen-bond donors (Lipinski definition) is 6. The van der Waals surface area contributed by atoms with Crippen LogP contribution in [0.3, 0.4) is 0 Å². The fourth-order valence-electron chi connectivity index (χ4n) is 9.18. The number of likely N-dealkylation sites (tertiary alicyclic amines) is 1. The molecular formula is C51H59F2N9O7S2. The summed E-state index contributed by atoms with van der Waals surface area (Å²) in [4.78, 5) is 60.0. The van der Waals surface area contributed by atoms with Crippen LogP contribution in [0.5, 0.6) is 0 Å². The number of aryl methyl sites for hydroxylation is 1. The molecule has 3 aromatic heterocycles. The molecule has 1 unspecified atom stereocenters. The Labute approximate surface area is 415 Å². The van der Waals surface area contributed by atoms with E-state index in [9.17, 15) is 33.0 Å². The van der Waals surface area contributed by atoms with Crippen molar-refractivity contribution in [2.45, 2.75) is 78.4 Å². The molecule has 5 heterocycles. The zero-order valence-electron chi connectivity index (χ0n) is 40.2. The molecule has 0 spiro atoms. The van der Waals surface area contributed by atoms with Crippen molar-refractivity contribution in [3.63, 3.8) is 0 Å². The number of nitrogens with zero attached hydrogens (tertiary/aromatic N) is 5. The van der Waals surface area contributed by atoms with E-state index in [-0.39, 0.29) is 55.6 Å². The topological polar surface area (TPSA) is 213 Å². The maximum atomic E-state index is 15.6. The molecule has 6 N–H and O–H groups in total. The monoisotopic (exact) mass is 1010 g/mol. The van der Waals surface area contributed by atoms with Gasteiger partial charge in [0, 0.05) is 86.8 Å². The van der Waals surface area contributed by atoms with Gasteiger partial charge >= 0.3 is 0 Å². The van der Waals surface area contributed by atoms with Crippen molar-refractivity contribution >= 4 is 61.4 Å². The van der Waals surface area contributed by atoms with Crippen LogP contribution >= 0.6 is 11.3 Å². The van der Waals surface area contributed by atoms with Gasteiger partial charge < -0.3 is 30.3 Å². The second kappa shape index (κ2) is 21.3. The summed E-state index contributed by atoms with van der Waals surface area (Å²) in [6, 6.07) is 17.4. The van der Waals surface area contributed by atoms with E-state index in [0.29, 0.717) is 42.8 Å². The molecule has 2 aliphatic rings. The Morgan fingerprint density at radius 1 is 0.958 bits per heavy atom. The Balaban J connectivity index is 0.856. The van der Waals surface area contributed by atoms with Crippen LogP contribution in [0.25, 0.3) is 32.6 Å². The van der Waals surface area contributed by atoms with Crippen molar-refractivity contribution in [1.82, 2.24) is 35.4 Å². The van der Waals surface area contributed by atoms with Gasteiger partial charge in [0.1, 0.15) is 23.7 Å². The van der Waals surface area contributed by atoms with Gasteiger partial charge in [0.25, 0.3) is 0 Å². The van der Waals surface area contributed by atoms with Crippen molar-refractivity contribution in [2.75, 3.05) is 54.6 Å². The molecule has 376 valence electrons. The summed E-state index contributed by atoms with van der Waals surface area (Å²) in [5.41, 5.74) is 5.33. The minimum atomic E-state index is -3.92. The largest absolute Gasteiger partial charge is 0.391 e. The standard InChI is InChI=1S/C51H59F2N9O7S2/c1-6-21-71(68,69)59-40-16-15-39(52)43(44(40)53)45(65)38-26-55-48-37(38)22-34(25-54-48)32-11-13-35(14-12-32)61-19-17-60(18-20-61)28-42(64)58-47(51(3,4)5)50(67)62-27-36(63)23-41(62)49(66)56-24-31-7-9-33(10-8-31)46-30(2)57-29-70-46/h7-16,22,25-26,29,36,41-42,47,58-59,63-64H,6,17-21,23-24,27-28H2,1-5H3,(H,54,55)(H,56,66)/t36-,41+,42?,47-/m1/s1. The Hall–Kier alpha value is -6.16. The fraction of sp³-hybridized carbons (Fsp3) is 0.392. The number of carbonyl (C=O) groups is 3. The quantitative estimate of drug-likeness (QED) is 0.0456. The average Bonchev–Trinajstić information content (AvgIpc) is 4.08. The number of hydrogen-bond acceptors (Lipinski definition) is 13. The molecule has 2 amide bonds. The number of β-amino-alcohol motifs (C(OH)–C–C–N with tert-alkyl or cyclic N) is 2. The predicted octanol–water partition coefficient (Wildman–Crippen LogP) is 6.05. The number of piperazine rings is 1. The van der Waals surface area contributed by atoms with Crippen LogP contribution in [0.4, 0.5) is 20.2 Å². The maximum Gasteiger partial charge on any atom is 0.243 e. The van der Waals surface area contributed by atoms with Gasteiger partial charge in [-0.25, -0.2) is 27.2 Å². The predicted molar refractivity (Wildman–Crippen MR) is 270 cm³/mol. The number of pyridine rings is 1. The van der Waals surface area contributed by atoms with Gasteiger partial charge in [0.05, 0.1) is 45.2 Å². The van der Waals surface area contributed by atoms with E-state index in [4.69, 9.17) is 0 Å². The van der Waals surface area contributed by atoms with Crippen LogP contribution in [0, 0.1) is 24.0 Å². The summed E-state index contributed by atoms with van der Waals surface area (Å²) in [5.74, 6) is -4.42. The molecule has 4 atom stereocenters. The van der Waals surface area contributed by atoms with Crippen molar-refractivity contribution in [3.8, 4) is 21.6 Å². The van der Waals surface area contributed by atoms with E-state index in [1.165, 1.54) is 11.1 Å². The van der Waals surface area contributed by atoms with Gasteiger partial charge in [-0.1, -0.05) is 64.1 Å². The lowest BCUT2D eigenvalue weighted by atomic mass is 9.85. The zero-order valence-corrected chi connectivity index (χ0v) is 41.8. The Kier molecular flexibility index (Phi) is 15.3. The molecule has 71 heavy (non-hydrogen) atoms. The van der Waals surface area contributed by atoms with Crippen LogP contribution < -0.4 is 20.3 Å². The van der Waals surface area contributed by atoms with E-state index in [0.717, 1.165) is 45.1 Å². The number of thiazole rings is 1. The third-order valence-electron chi connectivity index (χ3n) is 13.0. The number of aliphatic hydroxyl groups excluding tert-OH is 2. The first-order chi connectivity index (χ1) is 33.8. The van der Waals surface area contributed by atoms with Gasteiger partial charge in [-0.05, 0) is 65.8 Å². The number of sulfonamides is 1. The highest BCUT2D eigenvalue weighted by Gasteiger charge is 2.44. The van der Waals surface area contributed by atoms with E-state index in [2.05, 4.69) is 40.1 Å². The van der Waals surface area contributed by atoms with E-state index in [1.54, 1.807) is 30.5 Å². The molecule has 2 aliphatic heterocycles. The smallest absolute Gasteiger partial charge is 0.243 e. The molecule has 6 aromatic rings. The molecule has 0 bridgehead atoms. The van der Waals surface area contributed by atoms with Gasteiger partial charge in [-0.2, -0.15) is 0 Å². The number of aromatic amines is 1. The molecule has 16 nitrogen and oxygen atoms in total. The average molecular weight is 1010 g/mol. The number of ketones is 1. The number of aromatic nitrogens is 3. The summed E-state index contributed by atoms with van der Waals surface area (Å²) in [6.45, 7) is 12.4. The first-order valence-corrected chi connectivity index (χ1v) is 26.1. The summed E-state index contributed by atoms with van der Waals surface area (Å²) < 4.78 is 57.4. The Bertz CT molecular complexity index is 3010. The van der Waals surface area contributed by atoms with Crippen LogP contribution in [0.2, 0.25) is 0 Å². The number of nitrogens with one attached hydrogen (secondary N) is 4. The zero-order chi connectivity index (χ0) is 50.8. The van der Waals surface area contributed by atoms with Crippen LogP contribution in [0.15, 0.2) is 84.6 Å². The lowest BCUT2D eigenvalue weighted by Gasteiger charge is -2.39. The summed E-state index contributed by atoms with van der Waals surface area (Å²) in [5, 5.41) is 28.5. The molecule has 2 saturated heterocycles. The van der Waals surface area contributed by atoms with E-state index >= 15 is 8.78 Å². The highest BCUT2D eigenvalue weighted by Crippen LogP contribution is 2.32. The lowest BCUT2D eigenvalue weighted by molar-refractivity contribution is -0.143. The fourth-order valence-corrected chi connectivity index (χ4v) is 11.1. The van der Waals surface area contributed by atoms with E-state index < -0.39 is 68.5 Å². The number of carbonyl (C=O) groups excluding carboxylic acids is 3. The Morgan fingerprint density at radius 3 is 2.32 bits per heavy atom. The normalized spacial score (nSPS) is 17.6. The van der Waals surface area contributed by atoms with Crippen LogP contribution in [-0.2, 0) is 26.2 Å². The molecule has 3 aromatic carbocycles. The molecule has 20 heteroatoms. The molecule has 0 radical (unpaired) electrons. The summed E-state index contributed by atoms with van der Waals surface area (Å²) in [6.07, 6.45) is 1.40. The first-order valence-electron chi connectivity index (χ1n) is 23.6. The number of rotatable bonds is 17. The number of H-pyrrole nitrogens is 1. The van der Waals surface area contributed by atoms with Gasteiger partial charge in [-0.3, -0.25) is 29.3 Å². The minimum Gasteiger partial charge on any atom is -0.391 e. The van der Waals surface area contributed by atoms with E-state index in [1.807, 2.05) is 81.7 Å². The Morgan fingerprint density at radius 2 is 1.66 bits per heavy atom. The minimum absolute atomic E-state index is 0.00420. The summed E-state index contributed by atoms with van der Waals surface area (Å²) >= 11 is 1.57. The van der Waals surface area contributed by atoms with Crippen molar-refractivity contribution in [3.05, 3.63) is 119 Å². The lowest BCUT2D eigenvalue weighted by Crippen LogP contribution is -2.60. The highest BCUT2D eigenvalue weighted by molar-refractivity contribution is 7.92. The third kappa shape index (κ3) is 11.6. The number of benzene rings is 3. The highest BCUT2D eigenvalue weighted by atomic mass is 32.2. The second-order valence-corrected chi connectivity index (χ2v) is 21.9.